The predicted molar refractivity (Wildman–Crippen MR) is 99.3 cm³/mol. The van der Waals surface area contributed by atoms with Crippen LogP contribution in [0.1, 0.15) is 70.9 Å². The van der Waals surface area contributed by atoms with Crippen LogP contribution in [0.4, 0.5) is 4.79 Å². The quantitative estimate of drug-likeness (QED) is 0.826. The lowest BCUT2D eigenvalue weighted by molar-refractivity contribution is -0.183. The van der Waals surface area contributed by atoms with Crippen molar-refractivity contribution in [2.24, 2.45) is 5.41 Å². The number of carbonyl (C=O) groups is 2. The molecule has 3 saturated carbocycles. The molecule has 0 radical (unpaired) electrons. The summed E-state index contributed by atoms with van der Waals surface area (Å²) in [6.45, 7) is 9.64. The minimum atomic E-state index is -0.986. The Hall–Kier alpha value is -2.04. The largest absolute Gasteiger partial charge is 0.480 e. The zero-order valence-corrected chi connectivity index (χ0v) is 16.3. The Morgan fingerprint density at radius 1 is 1.19 bits per heavy atom. The van der Waals surface area contributed by atoms with Gasteiger partial charge >= 0.3 is 12.1 Å². The van der Waals surface area contributed by atoms with Gasteiger partial charge in [-0.2, -0.15) is 0 Å². The summed E-state index contributed by atoms with van der Waals surface area (Å²) < 4.78 is 5.24. The first-order chi connectivity index (χ1) is 12.0. The standard InChI is InChI=1S/C21H29NO4/c1-13(2)14-7-6-8-15(9-14)20-10-21(11-20,12-20)16(17(23)24)22-18(25)26-19(3,4)5/h6-9,13,16H,10-12H2,1-5H3,(H,22,25)(H,23,24). The molecular weight excluding hydrogens is 330 g/mol. The van der Waals surface area contributed by atoms with Gasteiger partial charge in [-0.15, -0.1) is 0 Å². The summed E-state index contributed by atoms with van der Waals surface area (Å²) >= 11 is 0. The molecular formula is C21H29NO4. The molecule has 0 heterocycles. The van der Waals surface area contributed by atoms with Crippen LogP contribution in [0.2, 0.25) is 0 Å². The second-order valence-electron chi connectivity index (χ2n) is 9.37. The van der Waals surface area contributed by atoms with Crippen molar-refractivity contribution in [1.82, 2.24) is 5.32 Å². The Morgan fingerprint density at radius 3 is 2.31 bits per heavy atom. The number of carbonyl (C=O) groups excluding carboxylic acids is 1. The zero-order valence-electron chi connectivity index (χ0n) is 16.3. The highest BCUT2D eigenvalue weighted by molar-refractivity contribution is 5.82. The van der Waals surface area contributed by atoms with Crippen molar-refractivity contribution in [3.63, 3.8) is 0 Å². The number of alkyl carbamates (subject to hydrolysis) is 1. The fourth-order valence-corrected chi connectivity index (χ4v) is 4.61. The molecule has 0 saturated heterocycles. The van der Waals surface area contributed by atoms with Crippen LogP contribution in [-0.2, 0) is 14.9 Å². The van der Waals surface area contributed by atoms with Gasteiger partial charge in [-0.25, -0.2) is 9.59 Å². The van der Waals surface area contributed by atoms with Gasteiger partial charge in [0.1, 0.15) is 11.6 Å². The van der Waals surface area contributed by atoms with Crippen LogP contribution in [0, 0.1) is 5.41 Å². The number of benzene rings is 1. The summed E-state index contributed by atoms with van der Waals surface area (Å²) in [7, 11) is 0. The van der Waals surface area contributed by atoms with Gasteiger partial charge in [-0.1, -0.05) is 38.1 Å². The number of rotatable bonds is 5. The Kier molecular flexibility index (Phi) is 4.32. The Labute approximate surface area is 155 Å². The number of carboxylic acids is 1. The Morgan fingerprint density at radius 2 is 1.81 bits per heavy atom. The van der Waals surface area contributed by atoms with E-state index in [1.54, 1.807) is 20.8 Å². The zero-order chi connectivity index (χ0) is 19.3. The summed E-state index contributed by atoms with van der Waals surface area (Å²) in [6.07, 6.45) is 1.74. The van der Waals surface area contributed by atoms with E-state index < -0.39 is 23.7 Å². The molecule has 142 valence electrons. The predicted octanol–water partition coefficient (Wildman–Crippen LogP) is 4.21. The number of amides is 1. The molecule has 0 aromatic heterocycles. The summed E-state index contributed by atoms with van der Waals surface area (Å²) in [5, 5.41) is 12.2. The summed E-state index contributed by atoms with van der Waals surface area (Å²) in [4.78, 5) is 23.8. The Balaban J connectivity index is 1.70. The van der Waals surface area contributed by atoms with E-state index in [4.69, 9.17) is 4.74 Å². The summed E-state index contributed by atoms with van der Waals surface area (Å²) in [5.74, 6) is -0.517. The van der Waals surface area contributed by atoms with Gasteiger partial charge in [0.25, 0.3) is 0 Å². The third kappa shape index (κ3) is 3.19. The van der Waals surface area contributed by atoms with Gasteiger partial charge in [-0.3, -0.25) is 0 Å². The van der Waals surface area contributed by atoms with Crippen molar-refractivity contribution in [3.8, 4) is 0 Å². The lowest BCUT2D eigenvalue weighted by Gasteiger charge is -2.72. The average Bonchev–Trinajstić information content (AvgIpc) is 2.41. The van der Waals surface area contributed by atoms with Crippen LogP contribution in [0.5, 0.6) is 0 Å². The van der Waals surface area contributed by atoms with Gasteiger partial charge in [0.2, 0.25) is 0 Å². The highest BCUT2D eigenvalue weighted by Crippen LogP contribution is 2.75. The minimum Gasteiger partial charge on any atom is -0.480 e. The van der Waals surface area contributed by atoms with Crippen molar-refractivity contribution >= 4 is 12.1 Å². The van der Waals surface area contributed by atoms with Crippen LogP contribution in [-0.4, -0.2) is 28.8 Å². The maximum Gasteiger partial charge on any atom is 0.408 e. The SMILES string of the molecule is CC(C)c1cccc(C23CC(C(NC(=O)OC(C)(C)C)C(=O)O)(C2)C3)c1. The molecule has 1 atom stereocenters. The first-order valence-electron chi connectivity index (χ1n) is 9.29. The molecule has 5 nitrogen and oxygen atoms in total. The summed E-state index contributed by atoms with van der Waals surface area (Å²) in [5.41, 5.74) is 1.69. The van der Waals surface area contributed by atoms with Crippen LogP contribution in [0.3, 0.4) is 0 Å². The minimum absolute atomic E-state index is 0.0776. The van der Waals surface area contributed by atoms with Gasteiger partial charge in [-0.05, 0) is 62.5 Å². The molecule has 0 aliphatic heterocycles. The van der Waals surface area contributed by atoms with E-state index >= 15 is 0 Å². The molecule has 2 N–H and O–H groups in total. The van der Waals surface area contributed by atoms with Crippen molar-refractivity contribution in [2.45, 2.75) is 76.9 Å². The van der Waals surface area contributed by atoms with Crippen LogP contribution >= 0.6 is 0 Å². The molecule has 0 spiro atoms. The first-order valence-corrected chi connectivity index (χ1v) is 9.29. The second kappa shape index (κ2) is 6.00. The number of aliphatic carboxylic acids is 1. The fourth-order valence-electron chi connectivity index (χ4n) is 4.61. The second-order valence-corrected chi connectivity index (χ2v) is 9.37. The maximum atomic E-state index is 12.1. The van der Waals surface area contributed by atoms with Crippen molar-refractivity contribution in [3.05, 3.63) is 35.4 Å². The molecule has 1 aromatic rings. The maximum absolute atomic E-state index is 12.1. The molecule has 3 fully saturated rings. The molecule has 1 unspecified atom stereocenters. The van der Waals surface area contributed by atoms with E-state index in [-0.39, 0.29) is 10.8 Å². The van der Waals surface area contributed by atoms with Crippen LogP contribution < -0.4 is 5.32 Å². The van der Waals surface area contributed by atoms with Gasteiger partial charge in [0, 0.05) is 5.41 Å². The van der Waals surface area contributed by atoms with Gasteiger partial charge < -0.3 is 15.2 Å². The molecule has 3 aliphatic carbocycles. The number of carboxylic acid groups (broad SMARTS) is 1. The molecule has 1 aromatic carbocycles. The summed E-state index contributed by atoms with van der Waals surface area (Å²) in [6, 6.07) is 7.73. The highest BCUT2D eigenvalue weighted by atomic mass is 16.6. The molecule has 3 aliphatic rings. The monoisotopic (exact) mass is 359 g/mol. The fraction of sp³-hybridized carbons (Fsp3) is 0.619. The number of hydrogen-bond acceptors (Lipinski definition) is 3. The molecule has 2 bridgehead atoms. The van der Waals surface area contributed by atoms with Crippen molar-refractivity contribution in [1.29, 1.82) is 0 Å². The molecule has 4 rings (SSSR count). The third-order valence-corrected chi connectivity index (χ3v) is 5.76. The van der Waals surface area contributed by atoms with Crippen LogP contribution in [0.15, 0.2) is 24.3 Å². The van der Waals surface area contributed by atoms with E-state index in [2.05, 4.69) is 43.4 Å². The smallest absolute Gasteiger partial charge is 0.408 e. The lowest BCUT2D eigenvalue weighted by atomic mass is 9.31. The topological polar surface area (TPSA) is 75.6 Å². The van der Waals surface area contributed by atoms with E-state index in [1.165, 1.54) is 11.1 Å². The van der Waals surface area contributed by atoms with Gasteiger partial charge in [0.15, 0.2) is 0 Å². The normalized spacial score (nSPS) is 27.9. The molecule has 1 amide bonds. The van der Waals surface area contributed by atoms with Crippen molar-refractivity contribution < 1.29 is 19.4 Å². The van der Waals surface area contributed by atoms with E-state index in [1.807, 2.05) is 0 Å². The Bertz CT molecular complexity index is 712. The van der Waals surface area contributed by atoms with Crippen LogP contribution in [0.25, 0.3) is 0 Å². The highest BCUT2D eigenvalue weighted by Gasteiger charge is 2.72. The van der Waals surface area contributed by atoms with Gasteiger partial charge in [0.05, 0.1) is 0 Å². The number of ether oxygens (including phenoxy) is 1. The number of nitrogens with one attached hydrogen (secondary N) is 1. The molecule has 5 heteroatoms. The number of hydrogen-bond donors (Lipinski definition) is 2. The average molecular weight is 359 g/mol. The third-order valence-electron chi connectivity index (χ3n) is 5.76. The van der Waals surface area contributed by atoms with Crippen molar-refractivity contribution in [2.75, 3.05) is 0 Å². The van der Waals surface area contributed by atoms with E-state index in [0.29, 0.717) is 5.92 Å². The van der Waals surface area contributed by atoms with E-state index in [9.17, 15) is 14.7 Å². The lowest BCUT2D eigenvalue weighted by Crippen LogP contribution is -2.73. The first kappa shape index (κ1) is 18.7. The van der Waals surface area contributed by atoms with E-state index in [0.717, 1.165) is 19.3 Å². The molecule has 26 heavy (non-hydrogen) atoms.